The summed E-state index contributed by atoms with van der Waals surface area (Å²) in [6.45, 7) is 3.85. The van der Waals surface area contributed by atoms with Crippen molar-refractivity contribution in [2.75, 3.05) is 32.7 Å². The molecule has 2 unspecified atom stereocenters. The zero-order valence-electron chi connectivity index (χ0n) is 20.7. The van der Waals surface area contributed by atoms with Gasteiger partial charge in [0.05, 0.1) is 10.5 Å². The van der Waals surface area contributed by atoms with E-state index >= 15 is 0 Å². The number of nitrogens with one attached hydrogen (secondary N) is 1. The van der Waals surface area contributed by atoms with Crippen molar-refractivity contribution in [3.63, 3.8) is 0 Å². The van der Waals surface area contributed by atoms with E-state index in [2.05, 4.69) is 10.2 Å². The number of likely N-dealkylation sites (tertiary alicyclic amines) is 1. The molecule has 1 aromatic rings. The Balaban J connectivity index is 1.36. The van der Waals surface area contributed by atoms with Crippen molar-refractivity contribution in [2.24, 2.45) is 0 Å². The first kappa shape index (κ1) is 27.0. The number of benzene rings is 1. The Morgan fingerprint density at radius 3 is 2.42 bits per heavy atom. The van der Waals surface area contributed by atoms with E-state index < -0.39 is 11.7 Å². The van der Waals surface area contributed by atoms with E-state index in [0.29, 0.717) is 17.0 Å². The number of halogens is 3. The van der Waals surface area contributed by atoms with Gasteiger partial charge in [-0.25, -0.2) is 0 Å². The predicted molar refractivity (Wildman–Crippen MR) is 137 cm³/mol. The Morgan fingerprint density at radius 2 is 1.72 bits per heavy atom. The maximum Gasteiger partial charge on any atom is 0.416 e. The number of thioether (sulfide) groups is 1. The summed E-state index contributed by atoms with van der Waals surface area (Å²) in [6, 6.07) is 4.86. The van der Waals surface area contributed by atoms with E-state index in [1.54, 1.807) is 11.0 Å². The van der Waals surface area contributed by atoms with Crippen LogP contribution in [0.2, 0.25) is 0 Å². The van der Waals surface area contributed by atoms with Crippen LogP contribution in [0.5, 0.6) is 0 Å². The van der Waals surface area contributed by atoms with Gasteiger partial charge in [-0.1, -0.05) is 37.8 Å². The summed E-state index contributed by atoms with van der Waals surface area (Å²) < 4.78 is 38.7. The minimum Gasteiger partial charge on any atom is -0.355 e. The van der Waals surface area contributed by atoms with Crippen molar-refractivity contribution in [3.05, 3.63) is 40.3 Å². The van der Waals surface area contributed by atoms with Crippen LogP contribution in [0.25, 0.3) is 6.08 Å². The molecule has 0 aromatic heterocycles. The third kappa shape index (κ3) is 7.28. The topological polar surface area (TPSA) is 52.7 Å². The molecule has 2 atom stereocenters. The number of carbonyl (C=O) groups is 2. The first-order valence-corrected chi connectivity index (χ1v) is 14.0. The zero-order chi connectivity index (χ0) is 25.5. The summed E-state index contributed by atoms with van der Waals surface area (Å²) >= 11 is 1.51. The lowest BCUT2D eigenvalue weighted by molar-refractivity contribution is -0.137. The molecule has 2 heterocycles. The maximum absolute atomic E-state index is 13.4. The third-order valence-corrected chi connectivity index (χ3v) is 8.74. The molecule has 4 rings (SSSR count). The van der Waals surface area contributed by atoms with Crippen LogP contribution < -0.4 is 5.32 Å². The second kappa shape index (κ2) is 12.5. The molecule has 1 aliphatic carbocycles. The van der Waals surface area contributed by atoms with Gasteiger partial charge in [-0.05, 0) is 75.5 Å². The molecule has 0 radical (unpaired) electrons. The Bertz CT molecular complexity index is 927. The van der Waals surface area contributed by atoms with Crippen LogP contribution in [0.4, 0.5) is 13.2 Å². The highest BCUT2D eigenvalue weighted by Crippen LogP contribution is 2.42. The van der Waals surface area contributed by atoms with Crippen molar-refractivity contribution in [1.82, 2.24) is 15.1 Å². The van der Waals surface area contributed by atoms with Gasteiger partial charge < -0.3 is 15.1 Å². The molecule has 1 aromatic carbocycles. The van der Waals surface area contributed by atoms with Crippen LogP contribution in [0, 0.1) is 0 Å². The van der Waals surface area contributed by atoms with E-state index in [-0.39, 0.29) is 29.7 Å². The van der Waals surface area contributed by atoms with E-state index in [1.165, 1.54) is 49.6 Å². The molecule has 36 heavy (non-hydrogen) atoms. The number of carbonyl (C=O) groups excluding carboxylic acids is 2. The number of hydrogen-bond acceptors (Lipinski definition) is 4. The van der Waals surface area contributed by atoms with Crippen LogP contribution in [0.15, 0.2) is 29.2 Å². The molecule has 9 heteroatoms. The molecule has 2 saturated heterocycles. The molecule has 1 N–H and O–H groups in total. The average molecular weight is 524 g/mol. The lowest BCUT2D eigenvalue weighted by Crippen LogP contribution is -2.54. The molecule has 2 amide bonds. The van der Waals surface area contributed by atoms with Crippen molar-refractivity contribution in [1.29, 1.82) is 0 Å². The molecule has 2 aliphatic heterocycles. The predicted octanol–water partition coefficient (Wildman–Crippen LogP) is 5.32. The quantitative estimate of drug-likeness (QED) is 0.389. The number of alkyl halides is 3. The second-order valence-electron chi connectivity index (χ2n) is 10.0. The second-order valence-corrected chi connectivity index (χ2v) is 11.3. The first-order chi connectivity index (χ1) is 17.3. The summed E-state index contributed by atoms with van der Waals surface area (Å²) in [5, 5.41) is 3.20. The van der Waals surface area contributed by atoms with Gasteiger partial charge in [-0.15, -0.1) is 11.8 Å². The van der Waals surface area contributed by atoms with Gasteiger partial charge in [0.1, 0.15) is 6.54 Å². The molecular weight excluding hydrogens is 487 g/mol. The van der Waals surface area contributed by atoms with Crippen LogP contribution in [-0.4, -0.2) is 65.6 Å². The molecule has 3 fully saturated rings. The molecule has 198 valence electrons. The fraction of sp³-hybridized carbons (Fsp3) is 0.630. The van der Waals surface area contributed by atoms with Crippen LogP contribution in [0.1, 0.15) is 68.9 Å². The highest BCUT2D eigenvalue weighted by atomic mass is 32.2. The van der Waals surface area contributed by atoms with E-state index in [0.717, 1.165) is 63.9 Å². The summed E-state index contributed by atoms with van der Waals surface area (Å²) in [5.41, 5.74) is -0.167. The van der Waals surface area contributed by atoms with Crippen LogP contribution in [0.3, 0.4) is 0 Å². The Kier molecular flexibility index (Phi) is 9.39. The molecule has 0 spiro atoms. The summed E-state index contributed by atoms with van der Waals surface area (Å²) in [6.07, 6.45) is 7.17. The Morgan fingerprint density at radius 1 is 1.03 bits per heavy atom. The molecular formula is C27H36F3N3O2S. The Hall–Kier alpha value is -2.00. The van der Waals surface area contributed by atoms with E-state index in [9.17, 15) is 22.8 Å². The van der Waals surface area contributed by atoms with E-state index in [4.69, 9.17) is 0 Å². The molecule has 0 bridgehead atoms. The Labute approximate surface area is 215 Å². The van der Waals surface area contributed by atoms with Crippen molar-refractivity contribution in [3.8, 4) is 0 Å². The van der Waals surface area contributed by atoms with Gasteiger partial charge >= 0.3 is 6.18 Å². The SMILES string of the molecule is O=C(CN1C(=O)/C(=C/c2ccc(C(F)(F)F)cc2)SC2CCCCC21)NCCCN1CCCCCC1. The largest absolute Gasteiger partial charge is 0.416 e. The maximum atomic E-state index is 13.4. The van der Waals surface area contributed by atoms with Crippen molar-refractivity contribution >= 4 is 29.7 Å². The minimum absolute atomic E-state index is 0.0175. The van der Waals surface area contributed by atoms with Gasteiger partial charge in [0, 0.05) is 17.8 Å². The van der Waals surface area contributed by atoms with Crippen molar-refractivity contribution in [2.45, 2.75) is 75.3 Å². The summed E-state index contributed by atoms with van der Waals surface area (Å²) in [5.74, 6) is -0.355. The fourth-order valence-corrected chi connectivity index (χ4v) is 6.86. The van der Waals surface area contributed by atoms with Gasteiger partial charge in [0.15, 0.2) is 0 Å². The summed E-state index contributed by atoms with van der Waals surface area (Å²) in [7, 11) is 0. The third-order valence-electron chi connectivity index (χ3n) is 7.34. The van der Waals surface area contributed by atoms with Crippen LogP contribution in [-0.2, 0) is 15.8 Å². The van der Waals surface area contributed by atoms with Gasteiger partial charge in [-0.3, -0.25) is 9.59 Å². The highest BCUT2D eigenvalue weighted by molar-refractivity contribution is 8.04. The smallest absolute Gasteiger partial charge is 0.355 e. The molecule has 5 nitrogen and oxygen atoms in total. The van der Waals surface area contributed by atoms with Crippen molar-refractivity contribution < 1.29 is 22.8 Å². The fourth-order valence-electron chi connectivity index (χ4n) is 5.38. The molecule has 1 saturated carbocycles. The normalized spacial score (nSPS) is 24.9. The van der Waals surface area contributed by atoms with Gasteiger partial charge in [0.25, 0.3) is 5.91 Å². The lowest BCUT2D eigenvalue weighted by Gasteiger charge is -2.43. The number of nitrogens with zero attached hydrogens (tertiary/aromatic N) is 2. The first-order valence-electron chi connectivity index (χ1n) is 13.2. The number of rotatable bonds is 7. The van der Waals surface area contributed by atoms with E-state index in [1.807, 2.05) is 0 Å². The average Bonchev–Trinajstić information content (AvgIpc) is 3.13. The summed E-state index contributed by atoms with van der Waals surface area (Å²) in [4.78, 5) is 30.8. The standard InChI is InChI=1S/C27H36F3N3O2S/c28-27(29,30)21-12-10-20(11-13-21)18-24-26(35)33(22-8-3-4-9-23(22)36-24)19-25(34)31-14-7-17-32-15-5-1-2-6-16-32/h10-13,18,22-23H,1-9,14-17,19H2,(H,31,34)/b24-18-. The zero-order valence-corrected chi connectivity index (χ0v) is 21.5. The van der Waals surface area contributed by atoms with Gasteiger partial charge in [0.2, 0.25) is 5.91 Å². The lowest BCUT2D eigenvalue weighted by atomic mass is 9.93. The highest BCUT2D eigenvalue weighted by Gasteiger charge is 2.41. The number of hydrogen-bond donors (Lipinski definition) is 1. The number of fused-ring (bicyclic) bond motifs is 1. The van der Waals surface area contributed by atoms with Crippen LogP contribution >= 0.6 is 11.8 Å². The number of amides is 2. The molecule has 3 aliphatic rings. The minimum atomic E-state index is -4.40. The van der Waals surface area contributed by atoms with Gasteiger partial charge in [-0.2, -0.15) is 13.2 Å². The monoisotopic (exact) mass is 523 g/mol.